The Morgan fingerprint density at radius 1 is 0.386 bits per heavy atom. The van der Waals surface area contributed by atoms with Crippen molar-refractivity contribution >= 4 is 89.0 Å². The molecule has 0 aliphatic carbocycles. The molecule has 5 heteroatoms. The van der Waals surface area contributed by atoms with Crippen molar-refractivity contribution in [3.8, 4) is 5.69 Å². The second kappa shape index (κ2) is 13.1. The molecule has 3 aromatic heterocycles. The zero-order valence-corrected chi connectivity index (χ0v) is 31.6. The summed E-state index contributed by atoms with van der Waals surface area (Å²) in [7, 11) is 0. The molecule has 3 heterocycles. The van der Waals surface area contributed by atoms with Crippen molar-refractivity contribution in [2.75, 3.05) is 9.80 Å². The van der Waals surface area contributed by atoms with E-state index in [-0.39, 0.29) is 0 Å². The van der Waals surface area contributed by atoms with Crippen LogP contribution in [-0.4, -0.2) is 4.57 Å². The standard InChI is InChI=1S/C52H37N3O2/c1-34-31-38(27-30-46(34)54(36-15-5-3-6-16-36)52-35(2)41-19-9-12-22-47(41)55(52)37-17-7-4-8-18-37)53(39-25-28-44-42-20-10-13-23-48(42)56-50(44)32-39)40-26-29-45-43-21-11-14-24-49(43)57-51(45)33-40/h3-33H,1-2H3. The first kappa shape index (κ1) is 32.9. The van der Waals surface area contributed by atoms with Gasteiger partial charge in [0.2, 0.25) is 0 Å². The highest BCUT2D eigenvalue weighted by Crippen LogP contribution is 2.46. The molecule has 0 amide bonds. The number of fused-ring (bicyclic) bond motifs is 7. The van der Waals surface area contributed by atoms with Crippen molar-refractivity contribution in [1.29, 1.82) is 0 Å². The number of nitrogens with zero attached hydrogens (tertiary/aromatic N) is 3. The van der Waals surface area contributed by atoms with Crippen LogP contribution in [-0.2, 0) is 0 Å². The van der Waals surface area contributed by atoms with Gasteiger partial charge in [0.25, 0.3) is 0 Å². The van der Waals surface area contributed by atoms with Crippen LogP contribution in [0.25, 0.3) is 60.5 Å². The normalized spacial score (nSPS) is 11.7. The molecule has 0 unspecified atom stereocenters. The van der Waals surface area contributed by atoms with Crippen LogP contribution in [0.2, 0.25) is 0 Å². The summed E-state index contributed by atoms with van der Waals surface area (Å²) >= 11 is 0. The summed E-state index contributed by atoms with van der Waals surface area (Å²) in [5, 5.41) is 5.63. The highest BCUT2D eigenvalue weighted by atomic mass is 16.3. The minimum atomic E-state index is 0.844. The molecule has 0 aliphatic heterocycles. The van der Waals surface area contributed by atoms with Gasteiger partial charge in [0, 0.05) is 73.1 Å². The van der Waals surface area contributed by atoms with Gasteiger partial charge in [-0.25, -0.2) is 0 Å². The van der Waals surface area contributed by atoms with Gasteiger partial charge in [-0.05, 0) is 104 Å². The Hall–Kier alpha value is -7.50. The molecule has 0 atom stereocenters. The number of rotatable bonds is 7. The van der Waals surface area contributed by atoms with Crippen molar-refractivity contribution in [2.24, 2.45) is 0 Å². The molecule has 0 radical (unpaired) electrons. The maximum Gasteiger partial charge on any atom is 0.137 e. The van der Waals surface area contributed by atoms with Crippen molar-refractivity contribution in [2.45, 2.75) is 13.8 Å². The molecule has 0 fully saturated rings. The Kier molecular flexibility index (Phi) is 7.54. The Morgan fingerprint density at radius 2 is 0.877 bits per heavy atom. The van der Waals surface area contributed by atoms with Gasteiger partial charge >= 0.3 is 0 Å². The summed E-state index contributed by atoms with van der Waals surface area (Å²) in [6.45, 7) is 4.45. The van der Waals surface area contributed by atoms with E-state index in [1.165, 1.54) is 16.5 Å². The fraction of sp³-hybridized carbons (Fsp3) is 0.0385. The lowest BCUT2D eigenvalue weighted by molar-refractivity contribution is 0.669. The third kappa shape index (κ3) is 5.31. The third-order valence-corrected chi connectivity index (χ3v) is 11.3. The van der Waals surface area contributed by atoms with E-state index < -0.39 is 0 Å². The average Bonchev–Trinajstić information content (AvgIpc) is 3.91. The number of furan rings is 2. The Bertz CT molecular complexity index is 3170. The molecular formula is C52H37N3O2. The SMILES string of the molecule is Cc1cc(N(c2ccc3c(c2)oc2ccccc23)c2ccc3c(c2)oc2ccccc23)ccc1N(c1ccccc1)c1c(C)c2ccccc2n1-c1ccccc1. The molecule has 0 N–H and O–H groups in total. The van der Waals surface area contributed by atoms with E-state index in [4.69, 9.17) is 8.83 Å². The van der Waals surface area contributed by atoms with Crippen molar-refractivity contribution in [3.63, 3.8) is 0 Å². The average molecular weight is 736 g/mol. The Morgan fingerprint density at radius 3 is 1.49 bits per heavy atom. The van der Waals surface area contributed by atoms with E-state index in [1.54, 1.807) is 0 Å². The molecule has 0 aliphatic rings. The maximum atomic E-state index is 6.43. The highest BCUT2D eigenvalue weighted by molar-refractivity contribution is 6.08. The first-order valence-corrected chi connectivity index (χ1v) is 19.3. The van der Waals surface area contributed by atoms with Gasteiger partial charge in [0.05, 0.1) is 11.2 Å². The van der Waals surface area contributed by atoms with Crippen LogP contribution in [0, 0.1) is 13.8 Å². The molecule has 11 aromatic rings. The number of para-hydroxylation sites is 5. The van der Waals surface area contributed by atoms with E-state index in [1.807, 2.05) is 24.3 Å². The Balaban J connectivity index is 1.12. The van der Waals surface area contributed by atoms with E-state index in [9.17, 15) is 0 Å². The summed E-state index contributed by atoms with van der Waals surface area (Å²) in [6.07, 6.45) is 0. The molecule has 57 heavy (non-hydrogen) atoms. The molecule has 11 rings (SSSR count). The number of aromatic nitrogens is 1. The summed E-state index contributed by atoms with van der Waals surface area (Å²) in [6, 6.07) is 66.3. The van der Waals surface area contributed by atoms with Gasteiger partial charge in [-0.2, -0.15) is 0 Å². The lowest BCUT2D eigenvalue weighted by atomic mass is 10.1. The van der Waals surface area contributed by atoms with Crippen LogP contribution in [0.15, 0.2) is 197 Å². The minimum absolute atomic E-state index is 0.844. The monoisotopic (exact) mass is 735 g/mol. The first-order chi connectivity index (χ1) is 28.1. The zero-order chi connectivity index (χ0) is 38.0. The number of anilines is 6. The summed E-state index contributed by atoms with van der Waals surface area (Å²) < 4.78 is 15.2. The molecule has 0 spiro atoms. The second-order valence-corrected chi connectivity index (χ2v) is 14.7. The fourth-order valence-electron chi connectivity index (χ4n) is 8.63. The van der Waals surface area contributed by atoms with Gasteiger partial charge in [-0.15, -0.1) is 0 Å². The smallest absolute Gasteiger partial charge is 0.137 e. The van der Waals surface area contributed by atoms with Crippen LogP contribution in [0.1, 0.15) is 11.1 Å². The van der Waals surface area contributed by atoms with E-state index in [2.05, 4.69) is 192 Å². The van der Waals surface area contributed by atoms with Crippen molar-refractivity contribution in [1.82, 2.24) is 4.57 Å². The summed E-state index contributed by atoms with van der Waals surface area (Å²) in [5.41, 5.74) is 13.2. The molecule has 0 saturated carbocycles. The predicted octanol–water partition coefficient (Wildman–Crippen LogP) is 15.0. The number of hydrogen-bond donors (Lipinski definition) is 0. The zero-order valence-electron chi connectivity index (χ0n) is 31.6. The van der Waals surface area contributed by atoms with Gasteiger partial charge in [-0.1, -0.05) is 91.0 Å². The van der Waals surface area contributed by atoms with Gasteiger partial charge < -0.3 is 13.7 Å². The molecule has 272 valence electrons. The van der Waals surface area contributed by atoms with Crippen LogP contribution in [0.3, 0.4) is 0 Å². The van der Waals surface area contributed by atoms with E-state index in [0.29, 0.717) is 0 Å². The van der Waals surface area contributed by atoms with Crippen LogP contribution < -0.4 is 9.80 Å². The van der Waals surface area contributed by atoms with Crippen LogP contribution in [0.4, 0.5) is 34.3 Å². The van der Waals surface area contributed by atoms with E-state index in [0.717, 1.165) is 89.4 Å². The quantitative estimate of drug-likeness (QED) is 0.163. The maximum absolute atomic E-state index is 6.43. The molecule has 5 nitrogen and oxygen atoms in total. The molecule has 0 saturated heterocycles. The molecule has 0 bridgehead atoms. The topological polar surface area (TPSA) is 37.7 Å². The summed E-state index contributed by atoms with van der Waals surface area (Å²) in [4.78, 5) is 4.71. The predicted molar refractivity (Wildman–Crippen MR) is 237 cm³/mol. The number of benzene rings is 8. The second-order valence-electron chi connectivity index (χ2n) is 14.7. The fourth-order valence-corrected chi connectivity index (χ4v) is 8.63. The first-order valence-electron chi connectivity index (χ1n) is 19.3. The third-order valence-electron chi connectivity index (χ3n) is 11.3. The highest BCUT2D eigenvalue weighted by Gasteiger charge is 2.26. The van der Waals surface area contributed by atoms with Crippen LogP contribution in [0.5, 0.6) is 0 Å². The van der Waals surface area contributed by atoms with Crippen LogP contribution >= 0.6 is 0 Å². The van der Waals surface area contributed by atoms with Gasteiger partial charge in [0.15, 0.2) is 0 Å². The minimum Gasteiger partial charge on any atom is -0.456 e. The molecular weight excluding hydrogens is 699 g/mol. The van der Waals surface area contributed by atoms with Crippen molar-refractivity contribution in [3.05, 3.63) is 199 Å². The largest absolute Gasteiger partial charge is 0.456 e. The summed E-state index contributed by atoms with van der Waals surface area (Å²) in [5.74, 6) is 1.10. The number of aryl methyl sites for hydroxylation is 2. The van der Waals surface area contributed by atoms with Crippen molar-refractivity contribution < 1.29 is 8.83 Å². The molecule has 8 aromatic carbocycles. The van der Waals surface area contributed by atoms with E-state index >= 15 is 0 Å². The lowest BCUT2D eigenvalue weighted by Crippen LogP contribution is -2.17. The number of hydrogen-bond acceptors (Lipinski definition) is 4. The van der Waals surface area contributed by atoms with Gasteiger partial charge in [0.1, 0.15) is 28.1 Å². The lowest BCUT2D eigenvalue weighted by Gasteiger charge is -2.31. The Labute approximate surface area is 329 Å². The van der Waals surface area contributed by atoms with Gasteiger partial charge in [-0.3, -0.25) is 9.47 Å².